The molecule has 0 radical (unpaired) electrons. The van der Waals surface area contributed by atoms with Crippen LogP contribution in [0.2, 0.25) is 0 Å². The molecular weight excluding hydrogens is 960 g/mol. The fourth-order valence-corrected chi connectivity index (χ4v) is 9.34. The van der Waals surface area contributed by atoms with Crippen molar-refractivity contribution in [3.63, 3.8) is 0 Å². The van der Waals surface area contributed by atoms with Crippen LogP contribution in [0.4, 0.5) is 0 Å². The number of rotatable bonds is 56. The lowest BCUT2D eigenvalue weighted by molar-refractivity contribution is -0.870. The third kappa shape index (κ3) is 58.8. The fourth-order valence-electron chi connectivity index (χ4n) is 8.61. The van der Waals surface area contributed by atoms with E-state index >= 15 is 0 Å². The van der Waals surface area contributed by atoms with E-state index in [2.05, 4.69) is 116 Å². The van der Waals surface area contributed by atoms with Crippen LogP contribution in [0.1, 0.15) is 258 Å². The van der Waals surface area contributed by atoms with Gasteiger partial charge in [-0.3, -0.25) is 13.8 Å². The molecule has 0 aliphatic heterocycles. The number of carbonyl (C=O) groups excluding carboxylic acids is 1. The molecule has 76 heavy (non-hydrogen) atoms. The summed E-state index contributed by atoms with van der Waals surface area (Å²) in [6, 6.07) is -0.884. The Bertz CT molecular complexity index is 1600. The van der Waals surface area contributed by atoms with E-state index in [1.165, 1.54) is 141 Å². The maximum atomic E-state index is 13.0. The standard InChI is InChI=1S/C67H119N2O6P/c1-6-8-10-12-14-16-18-20-22-24-26-28-30-32-34-36-38-40-42-44-46-48-50-52-54-56-58-60-66(70)65(64-75-76(72,73)74-63-62-69(3,4)5)68-67(71)61-59-57-55-53-51-49-47-45-43-41-39-37-35-33-31-29-27-25-23-21-19-17-15-13-11-9-7-2/h9,11,15,17,21,23,27,29,33,35,39,41-42,44,50,52,58,60,65-66,70H,6-8,10,12-14,16,18-20,22,24-26,28,30-32,34,36-38,40,43,45-49,51,53-57,59,61-64H2,1-5H3,(H-,68,71,72,73)/p+1/b11-9-,17-15-,23-21-,29-27-,35-33-,41-39-,44-42+,52-50+,60-58+. The monoisotopic (exact) mass is 1080 g/mol. The molecule has 438 valence electrons. The Morgan fingerprint density at radius 1 is 0.461 bits per heavy atom. The summed E-state index contributed by atoms with van der Waals surface area (Å²) in [6.07, 6.45) is 83.5. The van der Waals surface area contributed by atoms with Crippen molar-refractivity contribution in [3.8, 4) is 0 Å². The van der Waals surface area contributed by atoms with Crippen LogP contribution in [0.25, 0.3) is 0 Å². The summed E-state index contributed by atoms with van der Waals surface area (Å²) in [4.78, 5) is 23.3. The average molecular weight is 1080 g/mol. The quantitative estimate of drug-likeness (QED) is 0.0243. The number of unbranched alkanes of at least 4 members (excludes halogenated alkanes) is 27. The molecule has 0 aromatic heterocycles. The Balaban J connectivity index is 4.28. The highest BCUT2D eigenvalue weighted by Gasteiger charge is 2.27. The van der Waals surface area contributed by atoms with Crippen LogP contribution < -0.4 is 5.32 Å². The number of likely N-dealkylation sites (N-methyl/N-ethyl adjacent to an activating group) is 1. The second-order valence-corrected chi connectivity index (χ2v) is 23.5. The van der Waals surface area contributed by atoms with Crippen molar-refractivity contribution in [2.75, 3.05) is 40.9 Å². The van der Waals surface area contributed by atoms with Gasteiger partial charge in [-0.15, -0.1) is 0 Å². The van der Waals surface area contributed by atoms with Gasteiger partial charge < -0.3 is 19.8 Å². The van der Waals surface area contributed by atoms with Crippen molar-refractivity contribution in [2.24, 2.45) is 0 Å². The molecule has 0 fully saturated rings. The van der Waals surface area contributed by atoms with Gasteiger partial charge in [-0.1, -0.05) is 264 Å². The molecule has 0 saturated carbocycles. The Morgan fingerprint density at radius 3 is 1.21 bits per heavy atom. The van der Waals surface area contributed by atoms with Crippen LogP contribution in [0.15, 0.2) is 109 Å². The summed E-state index contributed by atoms with van der Waals surface area (Å²) in [5.74, 6) is -0.202. The van der Waals surface area contributed by atoms with E-state index in [0.29, 0.717) is 17.4 Å². The summed E-state index contributed by atoms with van der Waals surface area (Å²) in [5.41, 5.74) is 0. The number of aliphatic hydroxyl groups is 1. The number of amides is 1. The number of nitrogens with one attached hydrogen (secondary N) is 1. The molecule has 9 heteroatoms. The Kier molecular flexibility index (Phi) is 54.7. The minimum absolute atomic E-state index is 0.0461. The zero-order valence-corrected chi connectivity index (χ0v) is 50.9. The van der Waals surface area contributed by atoms with Crippen molar-refractivity contribution >= 4 is 13.7 Å². The van der Waals surface area contributed by atoms with Crippen molar-refractivity contribution < 1.29 is 32.9 Å². The molecule has 0 heterocycles. The first kappa shape index (κ1) is 73.2. The first-order valence-corrected chi connectivity index (χ1v) is 32.8. The molecule has 3 N–H and O–H groups in total. The van der Waals surface area contributed by atoms with Crippen molar-refractivity contribution in [1.82, 2.24) is 5.32 Å². The average Bonchev–Trinajstić information content (AvgIpc) is 3.38. The molecule has 3 atom stereocenters. The number of hydrogen-bond acceptors (Lipinski definition) is 5. The number of aliphatic hydroxyl groups excluding tert-OH is 1. The van der Waals surface area contributed by atoms with Gasteiger partial charge in [0.05, 0.1) is 39.9 Å². The summed E-state index contributed by atoms with van der Waals surface area (Å²) >= 11 is 0. The van der Waals surface area contributed by atoms with E-state index in [9.17, 15) is 19.4 Å². The SMILES string of the molecule is CC/C=C\C/C=C\C/C=C\C/C=C\C/C=C\C/C=C\CCCCCCCCCCC(=O)NC(COP(=O)(O)OCC[N+](C)(C)C)C(O)/C=C/CC/C=C/CC/C=C/CCCCCCCCCCCCCCCCCCC. The maximum Gasteiger partial charge on any atom is 0.472 e. The highest BCUT2D eigenvalue weighted by Crippen LogP contribution is 2.43. The topological polar surface area (TPSA) is 105 Å². The highest BCUT2D eigenvalue weighted by molar-refractivity contribution is 7.47. The molecule has 0 aromatic carbocycles. The molecule has 1 amide bonds. The van der Waals surface area contributed by atoms with E-state index in [4.69, 9.17) is 9.05 Å². The van der Waals surface area contributed by atoms with Gasteiger partial charge in [-0.05, 0) is 96.3 Å². The number of nitrogens with zero attached hydrogens (tertiary/aromatic N) is 1. The minimum Gasteiger partial charge on any atom is -0.387 e. The lowest BCUT2D eigenvalue weighted by Gasteiger charge is -2.25. The molecule has 0 rings (SSSR count). The Morgan fingerprint density at radius 2 is 0.803 bits per heavy atom. The zero-order chi connectivity index (χ0) is 55.6. The predicted molar refractivity (Wildman–Crippen MR) is 332 cm³/mol. The van der Waals surface area contributed by atoms with Gasteiger partial charge in [0.1, 0.15) is 13.2 Å². The summed E-state index contributed by atoms with van der Waals surface area (Å²) in [6.45, 7) is 4.67. The highest BCUT2D eigenvalue weighted by atomic mass is 31.2. The fraction of sp³-hybridized carbons (Fsp3) is 0.716. The number of phosphoric acid groups is 1. The Hall–Kier alpha value is -2.84. The van der Waals surface area contributed by atoms with Crippen molar-refractivity contribution in [1.29, 1.82) is 0 Å². The lowest BCUT2D eigenvalue weighted by atomic mass is 10.0. The zero-order valence-electron chi connectivity index (χ0n) is 50.0. The molecule has 0 aliphatic rings. The van der Waals surface area contributed by atoms with E-state index in [1.54, 1.807) is 6.08 Å². The van der Waals surface area contributed by atoms with Crippen LogP contribution in [0, 0.1) is 0 Å². The normalized spacial score (nSPS) is 14.6. The van der Waals surface area contributed by atoms with Crippen LogP contribution >= 0.6 is 7.82 Å². The predicted octanol–water partition coefficient (Wildman–Crippen LogP) is 19.5. The lowest BCUT2D eigenvalue weighted by Crippen LogP contribution is -2.45. The number of phosphoric ester groups is 1. The van der Waals surface area contributed by atoms with E-state index in [-0.39, 0.29) is 19.1 Å². The second-order valence-electron chi connectivity index (χ2n) is 22.0. The van der Waals surface area contributed by atoms with Gasteiger partial charge >= 0.3 is 7.82 Å². The van der Waals surface area contributed by atoms with Crippen LogP contribution in [-0.4, -0.2) is 73.4 Å². The molecular formula is C67H120N2O6P+. The van der Waals surface area contributed by atoms with Crippen LogP contribution in [0.5, 0.6) is 0 Å². The van der Waals surface area contributed by atoms with Gasteiger partial charge in [0.25, 0.3) is 0 Å². The molecule has 8 nitrogen and oxygen atoms in total. The van der Waals surface area contributed by atoms with Crippen molar-refractivity contribution in [3.05, 3.63) is 109 Å². The summed E-state index contributed by atoms with van der Waals surface area (Å²) in [7, 11) is 1.53. The molecule has 0 aromatic rings. The number of quaternary nitrogens is 1. The molecule has 3 unspecified atom stereocenters. The van der Waals surface area contributed by atoms with Gasteiger partial charge in [-0.25, -0.2) is 4.57 Å². The van der Waals surface area contributed by atoms with Crippen LogP contribution in [-0.2, 0) is 18.4 Å². The van der Waals surface area contributed by atoms with E-state index < -0.39 is 20.0 Å². The first-order chi connectivity index (χ1) is 37.0. The van der Waals surface area contributed by atoms with Gasteiger partial charge in [0.2, 0.25) is 5.91 Å². The van der Waals surface area contributed by atoms with Gasteiger partial charge in [0, 0.05) is 6.42 Å². The first-order valence-electron chi connectivity index (χ1n) is 31.3. The molecule has 0 spiro atoms. The minimum atomic E-state index is -4.37. The number of carbonyl (C=O) groups is 1. The second kappa shape index (κ2) is 56.9. The third-order valence-corrected chi connectivity index (χ3v) is 14.4. The van der Waals surface area contributed by atoms with Crippen LogP contribution in [0.3, 0.4) is 0 Å². The molecule has 0 aliphatic carbocycles. The maximum absolute atomic E-state index is 13.0. The molecule has 0 saturated heterocycles. The number of allylic oxidation sites excluding steroid dienone is 17. The smallest absolute Gasteiger partial charge is 0.387 e. The van der Waals surface area contributed by atoms with Gasteiger partial charge in [-0.2, -0.15) is 0 Å². The molecule has 0 bridgehead atoms. The number of hydrogen-bond donors (Lipinski definition) is 3. The largest absolute Gasteiger partial charge is 0.472 e. The van der Waals surface area contributed by atoms with Gasteiger partial charge in [0.15, 0.2) is 0 Å². The third-order valence-electron chi connectivity index (χ3n) is 13.5. The summed E-state index contributed by atoms with van der Waals surface area (Å²) < 4.78 is 23.7. The Labute approximate surface area is 470 Å². The summed E-state index contributed by atoms with van der Waals surface area (Å²) in [5, 5.41) is 13.9. The van der Waals surface area contributed by atoms with E-state index in [1.807, 2.05) is 27.2 Å². The van der Waals surface area contributed by atoms with Crippen molar-refractivity contribution in [2.45, 2.75) is 270 Å². The van der Waals surface area contributed by atoms with E-state index in [0.717, 1.165) is 96.3 Å².